The molecule has 1 saturated heterocycles. The first kappa shape index (κ1) is 16.2. The molecule has 0 aromatic heterocycles. The second-order valence-electron chi connectivity index (χ2n) is 5.43. The zero-order chi connectivity index (χ0) is 13.2. The van der Waals surface area contributed by atoms with Gasteiger partial charge in [-0.25, -0.2) is 0 Å². The van der Waals surface area contributed by atoms with Crippen LogP contribution in [-0.2, 0) is 4.74 Å². The van der Waals surface area contributed by atoms with Crippen LogP contribution in [0.4, 0.5) is 5.69 Å². The summed E-state index contributed by atoms with van der Waals surface area (Å²) in [5.74, 6) is 0.464. The van der Waals surface area contributed by atoms with E-state index < -0.39 is 0 Å². The molecule has 1 aromatic carbocycles. The number of nitrogens with two attached hydrogens (primary N) is 1. The summed E-state index contributed by atoms with van der Waals surface area (Å²) in [6.07, 6.45) is 0. The molecule has 1 fully saturated rings. The molecule has 1 heterocycles. The summed E-state index contributed by atoms with van der Waals surface area (Å²) in [6, 6.07) is 6.16. The van der Waals surface area contributed by atoms with Crippen LogP contribution in [0.15, 0.2) is 23.2 Å². The summed E-state index contributed by atoms with van der Waals surface area (Å²) in [6.45, 7) is 8.58. The molecule has 2 rings (SSSR count). The monoisotopic (exact) mass is 375 g/mol. The van der Waals surface area contributed by atoms with Gasteiger partial charge in [-0.1, -0.05) is 13.0 Å². The lowest BCUT2D eigenvalue weighted by molar-refractivity contribution is -0.0944. The van der Waals surface area contributed by atoms with Gasteiger partial charge in [0.2, 0.25) is 0 Å². The van der Waals surface area contributed by atoms with Crippen molar-refractivity contribution >= 4 is 35.6 Å². The highest BCUT2D eigenvalue weighted by atomic mass is 127. The van der Waals surface area contributed by atoms with E-state index in [2.05, 4.69) is 43.2 Å². The molecule has 0 amide bonds. The highest BCUT2D eigenvalue weighted by molar-refractivity contribution is 14.0. The fourth-order valence-corrected chi connectivity index (χ4v) is 1.82. The number of rotatable bonds is 3. The first-order chi connectivity index (χ1) is 8.48. The third-order valence-electron chi connectivity index (χ3n) is 3.31. The van der Waals surface area contributed by atoms with Crippen molar-refractivity contribution in [1.82, 2.24) is 0 Å². The lowest BCUT2D eigenvalue weighted by Gasteiger charge is -2.36. The number of nitrogens with one attached hydrogen (secondary N) is 1. The van der Waals surface area contributed by atoms with Gasteiger partial charge in [0.25, 0.3) is 0 Å². The van der Waals surface area contributed by atoms with Crippen LogP contribution in [0.2, 0.25) is 0 Å². The minimum Gasteiger partial charge on any atom is -0.380 e. The van der Waals surface area contributed by atoms with Crippen molar-refractivity contribution in [1.29, 1.82) is 0 Å². The fourth-order valence-electron chi connectivity index (χ4n) is 1.82. The minimum absolute atomic E-state index is 0. The molecule has 1 aliphatic heterocycles. The molecule has 5 heteroatoms. The third kappa shape index (κ3) is 4.35. The van der Waals surface area contributed by atoms with Crippen molar-refractivity contribution in [2.24, 2.45) is 16.1 Å². The van der Waals surface area contributed by atoms with Gasteiger partial charge in [0.05, 0.1) is 19.8 Å². The van der Waals surface area contributed by atoms with Crippen molar-refractivity contribution in [2.45, 2.75) is 20.8 Å². The highest BCUT2D eigenvalue weighted by Crippen LogP contribution is 2.26. The number of hydrogen-bond acceptors (Lipinski definition) is 2. The van der Waals surface area contributed by atoms with E-state index in [0.29, 0.717) is 12.5 Å². The highest BCUT2D eigenvalue weighted by Gasteiger charge is 2.32. The number of halogens is 1. The molecule has 1 aromatic rings. The van der Waals surface area contributed by atoms with E-state index in [1.165, 1.54) is 11.1 Å². The first-order valence-electron chi connectivity index (χ1n) is 6.20. The quantitative estimate of drug-likeness (QED) is 0.485. The number of guanidine groups is 1. The lowest BCUT2D eigenvalue weighted by atomic mass is 9.89. The van der Waals surface area contributed by atoms with Gasteiger partial charge < -0.3 is 15.8 Å². The second-order valence-corrected chi connectivity index (χ2v) is 5.43. The van der Waals surface area contributed by atoms with Crippen LogP contribution in [0.5, 0.6) is 0 Å². The SMILES string of the molecule is Cc1ccc(NC(N)=NCC2(C)COC2)cc1C.I. The van der Waals surface area contributed by atoms with Gasteiger partial charge in [0, 0.05) is 11.1 Å². The van der Waals surface area contributed by atoms with Crippen LogP contribution < -0.4 is 11.1 Å². The van der Waals surface area contributed by atoms with E-state index in [4.69, 9.17) is 10.5 Å². The summed E-state index contributed by atoms with van der Waals surface area (Å²) in [4.78, 5) is 4.37. The van der Waals surface area contributed by atoms with Gasteiger partial charge in [-0.2, -0.15) is 0 Å². The number of anilines is 1. The van der Waals surface area contributed by atoms with Gasteiger partial charge in [-0.05, 0) is 37.1 Å². The minimum atomic E-state index is 0. The molecule has 0 aliphatic carbocycles. The number of aryl methyl sites for hydroxylation is 2. The smallest absolute Gasteiger partial charge is 0.193 e. The molecule has 106 valence electrons. The Morgan fingerprint density at radius 1 is 1.37 bits per heavy atom. The summed E-state index contributed by atoms with van der Waals surface area (Å²) >= 11 is 0. The predicted molar refractivity (Wildman–Crippen MR) is 90.4 cm³/mol. The maximum Gasteiger partial charge on any atom is 0.193 e. The Hall–Kier alpha value is -0.820. The molecule has 0 unspecified atom stereocenters. The van der Waals surface area contributed by atoms with Crippen LogP contribution in [0.25, 0.3) is 0 Å². The number of benzene rings is 1. The van der Waals surface area contributed by atoms with E-state index in [1.807, 2.05) is 6.07 Å². The third-order valence-corrected chi connectivity index (χ3v) is 3.31. The van der Waals surface area contributed by atoms with Gasteiger partial charge in [0.15, 0.2) is 5.96 Å². The lowest BCUT2D eigenvalue weighted by Crippen LogP contribution is -2.43. The molecule has 0 saturated carbocycles. The average Bonchev–Trinajstić information content (AvgIpc) is 2.29. The van der Waals surface area contributed by atoms with Crippen molar-refractivity contribution in [3.8, 4) is 0 Å². The Morgan fingerprint density at radius 2 is 2.05 bits per heavy atom. The summed E-state index contributed by atoms with van der Waals surface area (Å²) in [5.41, 5.74) is 9.54. The van der Waals surface area contributed by atoms with Crippen LogP contribution in [0, 0.1) is 19.3 Å². The van der Waals surface area contributed by atoms with E-state index in [9.17, 15) is 0 Å². The van der Waals surface area contributed by atoms with Crippen LogP contribution in [0.1, 0.15) is 18.1 Å². The first-order valence-corrected chi connectivity index (χ1v) is 6.20. The Balaban J connectivity index is 0.00000180. The Labute approximate surface area is 131 Å². The van der Waals surface area contributed by atoms with E-state index >= 15 is 0 Å². The van der Waals surface area contributed by atoms with Gasteiger partial charge in [-0.15, -0.1) is 24.0 Å². The molecule has 0 spiro atoms. The van der Waals surface area contributed by atoms with Crippen LogP contribution >= 0.6 is 24.0 Å². The van der Waals surface area contributed by atoms with Crippen LogP contribution in [-0.4, -0.2) is 25.7 Å². The maximum atomic E-state index is 5.88. The molecule has 0 bridgehead atoms. The van der Waals surface area contributed by atoms with E-state index in [0.717, 1.165) is 18.9 Å². The predicted octanol–water partition coefficient (Wildman–Crippen LogP) is 2.68. The standard InChI is InChI=1S/C14H21N3O.HI/c1-10-4-5-12(6-11(10)2)17-13(15)16-7-14(3)8-18-9-14;/h4-6H,7-9H2,1-3H3,(H3,15,16,17);1H. The summed E-state index contributed by atoms with van der Waals surface area (Å²) < 4.78 is 5.19. The number of ether oxygens (including phenoxy) is 1. The normalized spacial score (nSPS) is 17.3. The molecule has 0 radical (unpaired) electrons. The Morgan fingerprint density at radius 3 is 2.58 bits per heavy atom. The van der Waals surface area contributed by atoms with Crippen molar-refractivity contribution in [3.05, 3.63) is 29.3 Å². The van der Waals surface area contributed by atoms with Gasteiger partial charge >= 0.3 is 0 Å². The molecule has 4 nitrogen and oxygen atoms in total. The average molecular weight is 375 g/mol. The van der Waals surface area contributed by atoms with E-state index in [-0.39, 0.29) is 29.4 Å². The number of aliphatic imine (C=N–C) groups is 1. The van der Waals surface area contributed by atoms with Crippen LogP contribution in [0.3, 0.4) is 0 Å². The van der Waals surface area contributed by atoms with E-state index in [1.54, 1.807) is 0 Å². The topological polar surface area (TPSA) is 59.6 Å². The van der Waals surface area contributed by atoms with Gasteiger partial charge in [-0.3, -0.25) is 4.99 Å². The zero-order valence-corrected chi connectivity index (χ0v) is 14.0. The summed E-state index contributed by atoms with van der Waals surface area (Å²) in [7, 11) is 0. The zero-order valence-electron chi connectivity index (χ0n) is 11.7. The fraction of sp³-hybridized carbons (Fsp3) is 0.500. The molecular formula is C14H22IN3O. The molecule has 3 N–H and O–H groups in total. The van der Waals surface area contributed by atoms with Gasteiger partial charge in [0.1, 0.15) is 0 Å². The summed E-state index contributed by atoms with van der Waals surface area (Å²) in [5, 5.41) is 3.12. The van der Waals surface area contributed by atoms with Crippen molar-refractivity contribution < 1.29 is 4.74 Å². The van der Waals surface area contributed by atoms with Crippen molar-refractivity contribution in [2.75, 3.05) is 25.1 Å². The number of nitrogens with zero attached hydrogens (tertiary/aromatic N) is 1. The maximum absolute atomic E-state index is 5.88. The molecule has 0 atom stereocenters. The molecule has 19 heavy (non-hydrogen) atoms. The van der Waals surface area contributed by atoms with Crippen molar-refractivity contribution in [3.63, 3.8) is 0 Å². The Kier molecular flexibility index (Phi) is 5.61. The number of hydrogen-bond donors (Lipinski definition) is 2. The largest absolute Gasteiger partial charge is 0.380 e. The molecular weight excluding hydrogens is 353 g/mol. The second kappa shape index (κ2) is 6.56. The Bertz CT molecular complexity index is 470. The molecule has 1 aliphatic rings.